The molecule has 0 aromatic carbocycles. The molecule has 1 aromatic heterocycles. The monoisotopic (exact) mass is 392 g/mol. The molecule has 3 rings (SSSR count). The highest BCUT2D eigenvalue weighted by atomic mass is 16.6. The number of aryl methyl sites for hydroxylation is 1. The summed E-state index contributed by atoms with van der Waals surface area (Å²) in [7, 11) is 1.54. The Morgan fingerprint density at radius 2 is 2.21 bits per heavy atom. The molecule has 0 spiro atoms. The minimum absolute atomic E-state index is 0.126. The Morgan fingerprint density at radius 1 is 1.46 bits per heavy atom. The van der Waals surface area contributed by atoms with Gasteiger partial charge in [0.15, 0.2) is 0 Å². The van der Waals surface area contributed by atoms with Gasteiger partial charge in [0.25, 0.3) is 5.56 Å². The first-order valence-corrected chi connectivity index (χ1v) is 8.76. The number of nitrogens with one attached hydrogen (secondary N) is 1. The SMILES string of the molecule is Cc1cn([C@H]2C[C@H](N=[N+]=[N-])[C@@H](COC(=O)C3CCC(=O)N3C)O2)c(=O)[nH]c1=O. The van der Waals surface area contributed by atoms with Gasteiger partial charge < -0.3 is 14.4 Å². The second-order valence-electron chi connectivity index (χ2n) is 6.80. The van der Waals surface area contributed by atoms with Gasteiger partial charge >= 0.3 is 11.7 Å². The third kappa shape index (κ3) is 3.78. The Labute approximate surface area is 158 Å². The van der Waals surface area contributed by atoms with Crippen molar-refractivity contribution in [1.82, 2.24) is 14.5 Å². The fourth-order valence-electron chi connectivity index (χ4n) is 3.36. The molecule has 1 unspecified atom stereocenters. The molecule has 1 amide bonds. The van der Waals surface area contributed by atoms with E-state index in [9.17, 15) is 19.2 Å². The second-order valence-corrected chi connectivity index (χ2v) is 6.80. The molecule has 2 aliphatic rings. The second kappa shape index (κ2) is 7.87. The number of hydrogen-bond donors (Lipinski definition) is 1. The molecule has 3 heterocycles. The number of likely N-dealkylation sites (tertiary alicyclic amines) is 1. The van der Waals surface area contributed by atoms with Gasteiger partial charge in [-0.15, -0.1) is 0 Å². The van der Waals surface area contributed by atoms with Crippen LogP contribution in [0, 0.1) is 6.92 Å². The molecule has 0 saturated carbocycles. The Morgan fingerprint density at radius 3 is 2.86 bits per heavy atom. The van der Waals surface area contributed by atoms with E-state index in [0.717, 1.165) is 0 Å². The van der Waals surface area contributed by atoms with Crippen LogP contribution in [0.25, 0.3) is 10.4 Å². The van der Waals surface area contributed by atoms with Crippen LogP contribution in [-0.2, 0) is 19.1 Å². The number of azide groups is 1. The molecule has 12 heteroatoms. The Hall–Kier alpha value is -3.11. The summed E-state index contributed by atoms with van der Waals surface area (Å²) < 4.78 is 12.3. The maximum absolute atomic E-state index is 12.2. The average molecular weight is 392 g/mol. The minimum Gasteiger partial charge on any atom is -0.461 e. The fraction of sp³-hybridized carbons (Fsp3) is 0.625. The lowest BCUT2D eigenvalue weighted by atomic mass is 10.1. The first-order valence-electron chi connectivity index (χ1n) is 8.76. The lowest BCUT2D eigenvalue weighted by molar-refractivity contribution is -0.155. The largest absolute Gasteiger partial charge is 0.461 e. The number of hydrogen-bond acceptors (Lipinski definition) is 7. The van der Waals surface area contributed by atoms with Crippen molar-refractivity contribution in [1.29, 1.82) is 0 Å². The van der Waals surface area contributed by atoms with E-state index in [4.69, 9.17) is 15.0 Å². The zero-order chi connectivity index (χ0) is 20.4. The Balaban J connectivity index is 1.70. The number of esters is 1. The van der Waals surface area contributed by atoms with E-state index >= 15 is 0 Å². The van der Waals surface area contributed by atoms with E-state index in [-0.39, 0.29) is 25.4 Å². The van der Waals surface area contributed by atoms with Crippen molar-refractivity contribution in [2.24, 2.45) is 5.11 Å². The van der Waals surface area contributed by atoms with Gasteiger partial charge in [-0.3, -0.25) is 19.1 Å². The van der Waals surface area contributed by atoms with E-state index in [1.165, 1.54) is 22.7 Å². The summed E-state index contributed by atoms with van der Waals surface area (Å²) in [5, 5.41) is 3.67. The minimum atomic E-state index is -0.780. The average Bonchev–Trinajstić information content (AvgIpc) is 3.20. The molecule has 0 aliphatic carbocycles. The summed E-state index contributed by atoms with van der Waals surface area (Å²) >= 11 is 0. The highest BCUT2D eigenvalue weighted by Crippen LogP contribution is 2.30. The van der Waals surface area contributed by atoms with Gasteiger partial charge in [0, 0.05) is 36.6 Å². The van der Waals surface area contributed by atoms with Crippen molar-refractivity contribution >= 4 is 11.9 Å². The van der Waals surface area contributed by atoms with Crippen LogP contribution in [0.1, 0.15) is 31.1 Å². The number of aromatic nitrogens is 2. The highest BCUT2D eigenvalue weighted by molar-refractivity contribution is 5.87. The number of carbonyl (C=O) groups is 2. The van der Waals surface area contributed by atoms with Gasteiger partial charge in [-0.2, -0.15) is 0 Å². The van der Waals surface area contributed by atoms with Crippen molar-refractivity contribution < 1.29 is 19.1 Å². The molecule has 0 bridgehead atoms. The van der Waals surface area contributed by atoms with E-state index in [1.807, 2.05) is 0 Å². The summed E-state index contributed by atoms with van der Waals surface area (Å²) in [6.07, 6.45) is 0.679. The summed E-state index contributed by atoms with van der Waals surface area (Å²) in [4.78, 5) is 53.7. The van der Waals surface area contributed by atoms with Gasteiger partial charge in [-0.05, 0) is 18.9 Å². The third-order valence-electron chi connectivity index (χ3n) is 5.01. The lowest BCUT2D eigenvalue weighted by Gasteiger charge is -2.21. The predicted octanol–water partition coefficient (Wildman–Crippen LogP) is -0.0246. The van der Waals surface area contributed by atoms with Gasteiger partial charge in [0.1, 0.15) is 25.0 Å². The van der Waals surface area contributed by atoms with E-state index in [1.54, 1.807) is 6.92 Å². The lowest BCUT2D eigenvalue weighted by Crippen LogP contribution is -2.38. The summed E-state index contributed by atoms with van der Waals surface area (Å²) in [5.74, 6) is -0.684. The highest BCUT2D eigenvalue weighted by Gasteiger charge is 2.39. The van der Waals surface area contributed by atoms with Crippen molar-refractivity contribution in [3.05, 3.63) is 43.0 Å². The van der Waals surface area contributed by atoms with E-state index in [2.05, 4.69) is 15.0 Å². The molecule has 150 valence electrons. The van der Waals surface area contributed by atoms with Gasteiger partial charge in [0.2, 0.25) is 5.91 Å². The molecule has 2 fully saturated rings. The van der Waals surface area contributed by atoms with Crippen molar-refractivity contribution in [2.45, 2.75) is 50.6 Å². The number of aromatic amines is 1. The molecule has 1 aromatic rings. The smallest absolute Gasteiger partial charge is 0.330 e. The number of H-pyrrole nitrogens is 1. The van der Waals surface area contributed by atoms with Crippen LogP contribution in [0.5, 0.6) is 0 Å². The van der Waals surface area contributed by atoms with Gasteiger partial charge in [-0.1, -0.05) is 5.11 Å². The van der Waals surface area contributed by atoms with E-state index < -0.39 is 41.6 Å². The van der Waals surface area contributed by atoms with E-state index in [0.29, 0.717) is 12.0 Å². The molecule has 2 saturated heterocycles. The zero-order valence-corrected chi connectivity index (χ0v) is 15.4. The van der Waals surface area contributed by atoms with Crippen LogP contribution in [-0.4, -0.2) is 58.2 Å². The molecular weight excluding hydrogens is 372 g/mol. The molecule has 2 aliphatic heterocycles. The van der Waals surface area contributed by atoms with Crippen LogP contribution in [0.2, 0.25) is 0 Å². The van der Waals surface area contributed by atoms with Crippen LogP contribution in [0.3, 0.4) is 0 Å². The van der Waals surface area contributed by atoms with Crippen molar-refractivity contribution in [3.63, 3.8) is 0 Å². The first-order chi connectivity index (χ1) is 13.3. The maximum Gasteiger partial charge on any atom is 0.330 e. The van der Waals surface area contributed by atoms with Gasteiger partial charge in [-0.25, -0.2) is 9.59 Å². The number of amides is 1. The van der Waals surface area contributed by atoms with Crippen molar-refractivity contribution in [3.8, 4) is 0 Å². The Kier molecular flexibility index (Phi) is 5.52. The molecule has 0 radical (unpaired) electrons. The van der Waals surface area contributed by atoms with Gasteiger partial charge in [0.05, 0.1) is 6.04 Å². The first kappa shape index (κ1) is 19.6. The third-order valence-corrected chi connectivity index (χ3v) is 5.01. The van der Waals surface area contributed by atoms with Crippen LogP contribution < -0.4 is 11.2 Å². The molecule has 12 nitrogen and oxygen atoms in total. The molecule has 1 N–H and O–H groups in total. The molecular formula is C16H20N6O6. The molecule has 28 heavy (non-hydrogen) atoms. The van der Waals surface area contributed by atoms with Crippen LogP contribution in [0.4, 0.5) is 0 Å². The van der Waals surface area contributed by atoms with Crippen LogP contribution >= 0.6 is 0 Å². The number of rotatable bonds is 5. The fourth-order valence-corrected chi connectivity index (χ4v) is 3.36. The van der Waals surface area contributed by atoms with Crippen molar-refractivity contribution in [2.75, 3.05) is 13.7 Å². The van der Waals surface area contributed by atoms with Crippen LogP contribution in [0.15, 0.2) is 20.9 Å². The zero-order valence-electron chi connectivity index (χ0n) is 15.4. The normalized spacial score (nSPS) is 26.9. The quantitative estimate of drug-likeness (QED) is 0.321. The number of carbonyl (C=O) groups excluding carboxylic acids is 2. The summed E-state index contributed by atoms with van der Waals surface area (Å²) in [6, 6.07) is -1.31. The standard InChI is InChI=1S/C16H20N6O6/c1-8-6-22(16(26)18-14(8)24)13-5-9(19-20-17)11(28-13)7-27-15(25)10-3-4-12(23)21(10)2/h6,9-11,13H,3-5,7H2,1-2H3,(H,18,24,26)/t9-,10?,11+,13+/m0/s1. The predicted molar refractivity (Wildman–Crippen MR) is 94.3 cm³/mol. The summed E-state index contributed by atoms with van der Waals surface area (Å²) in [5.41, 5.74) is 7.97. The molecule has 4 atom stereocenters. The number of ether oxygens (including phenoxy) is 2. The maximum atomic E-state index is 12.2. The summed E-state index contributed by atoms with van der Waals surface area (Å²) in [6.45, 7) is 1.36. The number of nitrogens with zero attached hydrogens (tertiary/aromatic N) is 5. The topological polar surface area (TPSA) is 159 Å². The number of likely N-dealkylation sites (N-methyl/N-ethyl adjacent to an activating group) is 1. The Bertz CT molecular complexity index is 948.